The monoisotopic (exact) mass is 332 g/mol. The zero-order valence-corrected chi connectivity index (χ0v) is 12.1. The zero-order valence-electron chi connectivity index (χ0n) is 9.85. The Morgan fingerprint density at radius 2 is 1.85 bits per heavy atom. The number of fused-ring (bicyclic) bond motifs is 1. The molecule has 2 heterocycles. The molecule has 0 spiro atoms. The Labute approximate surface area is 129 Å². The van der Waals surface area contributed by atoms with E-state index in [1.807, 2.05) is 18.2 Å². The van der Waals surface area contributed by atoms with Gasteiger partial charge in [-0.2, -0.15) is 0 Å². The molecule has 8 heteroatoms. The van der Waals surface area contributed by atoms with Crippen LogP contribution < -0.4 is 9.47 Å². The molecule has 104 valence electrons. The summed E-state index contributed by atoms with van der Waals surface area (Å²) in [7, 11) is 0. The minimum absolute atomic E-state index is 0.0761. The van der Waals surface area contributed by atoms with Crippen LogP contribution in [0.5, 0.6) is 11.5 Å². The Balaban J connectivity index is 1.79. The summed E-state index contributed by atoms with van der Waals surface area (Å²) in [5, 5.41) is 7.41. The maximum absolute atomic E-state index is 5.63. The molecule has 0 amide bonds. The van der Waals surface area contributed by atoms with E-state index in [-0.39, 0.29) is 18.6 Å². The van der Waals surface area contributed by atoms with Crippen LogP contribution in [0.2, 0.25) is 0 Å². The molecule has 5 nitrogen and oxygen atoms in total. The molecular formula is C12H7Cl3N2O3. The van der Waals surface area contributed by atoms with Crippen molar-refractivity contribution in [3.05, 3.63) is 35.5 Å². The van der Waals surface area contributed by atoms with Crippen LogP contribution in [-0.2, 0) is 3.79 Å². The van der Waals surface area contributed by atoms with Crippen LogP contribution >= 0.6 is 34.8 Å². The molecule has 0 unspecified atom stereocenters. The second-order valence-electron chi connectivity index (χ2n) is 3.89. The number of benzene rings is 1. The number of nitrogens with zero attached hydrogens (tertiary/aromatic N) is 2. The first kappa shape index (κ1) is 13.5. The Bertz CT molecular complexity index is 664. The van der Waals surface area contributed by atoms with E-state index in [1.165, 1.54) is 0 Å². The van der Waals surface area contributed by atoms with Crippen molar-refractivity contribution in [3.63, 3.8) is 0 Å². The molecular weight excluding hydrogens is 327 g/mol. The van der Waals surface area contributed by atoms with E-state index in [9.17, 15) is 0 Å². The van der Waals surface area contributed by atoms with Crippen molar-refractivity contribution >= 4 is 47.0 Å². The number of aromatic nitrogens is 2. The van der Waals surface area contributed by atoms with E-state index in [0.717, 1.165) is 11.3 Å². The maximum atomic E-state index is 5.63. The van der Waals surface area contributed by atoms with Crippen LogP contribution in [0, 0.1) is 0 Å². The third-order valence-corrected chi connectivity index (χ3v) is 2.98. The molecule has 20 heavy (non-hydrogen) atoms. The highest BCUT2D eigenvalue weighted by molar-refractivity contribution is 6.66. The number of rotatable bonds is 2. The summed E-state index contributed by atoms with van der Waals surface area (Å²) >= 11 is 16.9. The van der Waals surface area contributed by atoms with E-state index in [1.54, 1.807) is 12.2 Å². The molecule has 0 fully saturated rings. The molecule has 0 aliphatic carbocycles. The highest BCUT2D eigenvalue weighted by atomic mass is 35.6. The lowest BCUT2D eigenvalue weighted by atomic mass is 10.2. The quantitative estimate of drug-likeness (QED) is 0.783. The lowest BCUT2D eigenvalue weighted by molar-refractivity contribution is 0.174. The number of ether oxygens (including phenoxy) is 2. The lowest BCUT2D eigenvalue weighted by Crippen LogP contribution is -1.99. The first-order chi connectivity index (χ1) is 9.52. The second-order valence-corrected chi connectivity index (χ2v) is 6.17. The minimum atomic E-state index is -1.72. The fourth-order valence-electron chi connectivity index (χ4n) is 1.60. The molecule has 1 aliphatic rings. The van der Waals surface area contributed by atoms with Crippen LogP contribution in [0.4, 0.5) is 0 Å². The summed E-state index contributed by atoms with van der Waals surface area (Å²) in [5.41, 5.74) is 0.892. The van der Waals surface area contributed by atoms with Crippen molar-refractivity contribution in [3.8, 4) is 11.5 Å². The summed E-state index contributed by atoms with van der Waals surface area (Å²) in [6, 6.07) is 5.53. The van der Waals surface area contributed by atoms with E-state index < -0.39 is 3.79 Å². The zero-order chi connectivity index (χ0) is 14.2. The maximum Gasteiger partial charge on any atom is 0.268 e. The first-order valence-electron chi connectivity index (χ1n) is 5.51. The van der Waals surface area contributed by atoms with Gasteiger partial charge in [0.15, 0.2) is 11.5 Å². The van der Waals surface area contributed by atoms with Crippen molar-refractivity contribution in [1.82, 2.24) is 10.2 Å². The predicted octanol–water partition coefficient (Wildman–Crippen LogP) is 3.80. The fourth-order valence-corrected chi connectivity index (χ4v) is 1.83. The summed E-state index contributed by atoms with van der Waals surface area (Å²) in [6.07, 6.45) is 3.39. The summed E-state index contributed by atoms with van der Waals surface area (Å²) in [4.78, 5) is 0. The average Bonchev–Trinajstić information content (AvgIpc) is 3.04. The Morgan fingerprint density at radius 3 is 2.60 bits per heavy atom. The number of hydrogen-bond donors (Lipinski definition) is 0. The molecule has 3 rings (SSSR count). The predicted molar refractivity (Wildman–Crippen MR) is 75.0 cm³/mol. The average molecular weight is 334 g/mol. The fraction of sp³-hybridized carbons (Fsp3) is 0.167. The van der Waals surface area contributed by atoms with E-state index in [0.29, 0.717) is 5.75 Å². The summed E-state index contributed by atoms with van der Waals surface area (Å²) in [5.74, 6) is 1.58. The molecule has 1 aromatic heterocycles. The van der Waals surface area contributed by atoms with Crippen molar-refractivity contribution < 1.29 is 13.9 Å². The normalized spacial score (nSPS) is 14.2. The summed E-state index contributed by atoms with van der Waals surface area (Å²) < 4.78 is 14.0. The molecule has 2 aromatic rings. The molecule has 0 N–H and O–H groups in total. The van der Waals surface area contributed by atoms with Gasteiger partial charge >= 0.3 is 0 Å². The van der Waals surface area contributed by atoms with E-state index in [2.05, 4.69) is 10.2 Å². The van der Waals surface area contributed by atoms with Crippen molar-refractivity contribution in [2.24, 2.45) is 0 Å². The lowest BCUT2D eigenvalue weighted by Gasteiger charge is -2.01. The Morgan fingerprint density at radius 1 is 1.05 bits per heavy atom. The van der Waals surface area contributed by atoms with Gasteiger partial charge in [0.05, 0.1) is 0 Å². The van der Waals surface area contributed by atoms with Crippen LogP contribution in [0.15, 0.2) is 22.6 Å². The number of halogens is 3. The smallest absolute Gasteiger partial charge is 0.268 e. The molecule has 0 saturated heterocycles. The molecule has 0 radical (unpaired) electrons. The van der Waals surface area contributed by atoms with Gasteiger partial charge in [0.2, 0.25) is 12.7 Å². The minimum Gasteiger partial charge on any atom is -0.454 e. The largest absolute Gasteiger partial charge is 0.454 e. The highest BCUT2D eigenvalue weighted by Crippen LogP contribution is 2.37. The van der Waals surface area contributed by atoms with E-state index in [4.69, 9.17) is 48.7 Å². The first-order valence-corrected chi connectivity index (χ1v) is 6.64. The van der Waals surface area contributed by atoms with Gasteiger partial charge in [0, 0.05) is 6.08 Å². The third kappa shape index (κ3) is 2.85. The van der Waals surface area contributed by atoms with Gasteiger partial charge in [0.25, 0.3) is 9.68 Å². The van der Waals surface area contributed by atoms with Crippen LogP contribution in [-0.4, -0.2) is 17.0 Å². The molecule has 0 atom stereocenters. The van der Waals surface area contributed by atoms with Gasteiger partial charge < -0.3 is 13.9 Å². The Hall–Kier alpha value is -1.43. The molecule has 1 aliphatic heterocycles. The highest BCUT2D eigenvalue weighted by Gasteiger charge is 2.29. The van der Waals surface area contributed by atoms with Gasteiger partial charge in [-0.1, -0.05) is 40.9 Å². The van der Waals surface area contributed by atoms with Gasteiger partial charge in [-0.3, -0.25) is 0 Å². The van der Waals surface area contributed by atoms with Gasteiger partial charge in [0.1, 0.15) is 0 Å². The van der Waals surface area contributed by atoms with E-state index >= 15 is 0 Å². The topological polar surface area (TPSA) is 57.4 Å². The van der Waals surface area contributed by atoms with Gasteiger partial charge in [-0.25, -0.2) is 0 Å². The van der Waals surface area contributed by atoms with Gasteiger partial charge in [-0.15, -0.1) is 10.2 Å². The standard InChI is InChI=1S/C12H7Cl3N2O3/c13-12(14,15)11-17-16-10(20-11)4-2-7-1-3-8-9(5-7)19-6-18-8/h1-5H,6H2. The third-order valence-electron chi connectivity index (χ3n) is 2.50. The molecule has 0 saturated carbocycles. The molecule has 1 aromatic carbocycles. The van der Waals surface area contributed by atoms with Crippen LogP contribution in [0.1, 0.15) is 17.3 Å². The van der Waals surface area contributed by atoms with Crippen molar-refractivity contribution in [1.29, 1.82) is 0 Å². The second kappa shape index (κ2) is 5.16. The van der Waals surface area contributed by atoms with Crippen LogP contribution in [0.25, 0.3) is 12.2 Å². The van der Waals surface area contributed by atoms with Crippen molar-refractivity contribution in [2.75, 3.05) is 6.79 Å². The molecule has 0 bridgehead atoms. The number of hydrogen-bond acceptors (Lipinski definition) is 5. The number of alkyl halides is 3. The van der Waals surface area contributed by atoms with Crippen LogP contribution in [0.3, 0.4) is 0 Å². The van der Waals surface area contributed by atoms with Crippen molar-refractivity contribution in [2.45, 2.75) is 3.79 Å². The Kier molecular flexibility index (Phi) is 3.50. The SMILES string of the molecule is ClC(Cl)(Cl)c1nnc(C=Cc2ccc3c(c2)OCO3)o1. The summed E-state index contributed by atoms with van der Waals surface area (Å²) in [6.45, 7) is 0.235. The van der Waals surface area contributed by atoms with Gasteiger partial charge in [-0.05, 0) is 23.8 Å².